The number of dihydropyridines is 1. The van der Waals surface area contributed by atoms with E-state index in [1.165, 1.54) is 0 Å². The molecule has 1 aromatic rings. The van der Waals surface area contributed by atoms with Gasteiger partial charge in [0.2, 0.25) is 0 Å². The second-order valence-corrected chi connectivity index (χ2v) is 6.94. The number of nitrogens with two attached hydrogens (primary N) is 1. The minimum Gasteiger partial charge on any atom is -0.477 e. The summed E-state index contributed by atoms with van der Waals surface area (Å²) >= 11 is 12.2. The van der Waals surface area contributed by atoms with E-state index in [-0.39, 0.29) is 10.7 Å². The molecule has 0 aromatic heterocycles. The van der Waals surface area contributed by atoms with Crippen LogP contribution in [0.1, 0.15) is 17.5 Å². The Balaban J connectivity index is 2.00. The van der Waals surface area contributed by atoms with Gasteiger partial charge < -0.3 is 21.0 Å². The molecule has 0 spiro atoms. The highest BCUT2D eigenvalue weighted by Gasteiger charge is 2.39. The summed E-state index contributed by atoms with van der Waals surface area (Å²) in [6, 6.07) is 7.74. The number of nitrogens with one attached hydrogen (secondary N) is 1. The first-order valence-corrected chi connectivity index (χ1v) is 8.40. The minimum absolute atomic E-state index is 0.0389. The van der Waals surface area contributed by atoms with E-state index in [2.05, 4.69) is 10.5 Å². The average Bonchev–Trinajstić information content (AvgIpc) is 2.98. The first kappa shape index (κ1) is 17.8. The van der Waals surface area contributed by atoms with Crippen molar-refractivity contribution < 1.29 is 14.7 Å². The number of halogens is 2. The van der Waals surface area contributed by atoms with Gasteiger partial charge in [0.1, 0.15) is 10.9 Å². The number of rotatable bonds is 4. The van der Waals surface area contributed by atoms with Gasteiger partial charge in [-0.3, -0.25) is 0 Å². The van der Waals surface area contributed by atoms with Crippen LogP contribution in [0.5, 0.6) is 0 Å². The lowest BCUT2D eigenvalue weighted by Gasteiger charge is -2.34. The van der Waals surface area contributed by atoms with E-state index in [0.29, 0.717) is 23.7 Å². The van der Waals surface area contributed by atoms with Crippen molar-refractivity contribution in [2.75, 3.05) is 0 Å². The standard InChI is InChI=1S/C17H17Cl2N3O3/c1-9-4-2-3-5-10(9)7-17(20)8-11(12-6-13(18)22-25-12)21-14(15(17)19)16(23)24/h2-5,8,12,21H,6-7,20H2,1H3,(H,23,24). The summed E-state index contributed by atoms with van der Waals surface area (Å²) in [5, 5.41) is 16.3. The second-order valence-electron chi connectivity index (χ2n) is 6.13. The lowest BCUT2D eigenvalue weighted by molar-refractivity contribution is -0.133. The van der Waals surface area contributed by atoms with Gasteiger partial charge in [-0.15, -0.1) is 0 Å². The summed E-state index contributed by atoms with van der Waals surface area (Å²) in [5.41, 5.74) is 7.69. The quantitative estimate of drug-likeness (QED) is 0.744. The molecular weight excluding hydrogens is 365 g/mol. The fourth-order valence-corrected chi connectivity index (χ4v) is 3.33. The molecule has 0 saturated heterocycles. The van der Waals surface area contributed by atoms with Gasteiger partial charge in [0.25, 0.3) is 0 Å². The molecule has 2 aliphatic rings. The number of aliphatic carboxylic acids is 1. The number of nitrogens with zero attached hydrogens (tertiary/aromatic N) is 1. The SMILES string of the molecule is Cc1ccccc1CC1(N)C=C(C2CC(Cl)=NO2)NC(C(=O)O)=C1Cl. The van der Waals surface area contributed by atoms with E-state index < -0.39 is 17.6 Å². The highest BCUT2D eigenvalue weighted by molar-refractivity contribution is 6.65. The van der Waals surface area contributed by atoms with E-state index in [9.17, 15) is 9.90 Å². The van der Waals surface area contributed by atoms with Crippen molar-refractivity contribution in [3.05, 3.63) is 57.9 Å². The third-order valence-corrected chi connectivity index (χ3v) is 5.01. The molecule has 0 aliphatic carbocycles. The molecule has 132 valence electrons. The van der Waals surface area contributed by atoms with Crippen molar-refractivity contribution in [3.63, 3.8) is 0 Å². The van der Waals surface area contributed by atoms with Gasteiger partial charge in [0.15, 0.2) is 6.10 Å². The lowest BCUT2D eigenvalue weighted by Crippen LogP contribution is -2.48. The normalized spacial score (nSPS) is 25.8. The Labute approximate surface area is 154 Å². The average molecular weight is 382 g/mol. The van der Waals surface area contributed by atoms with Gasteiger partial charge >= 0.3 is 5.97 Å². The second kappa shape index (κ2) is 6.71. The summed E-state index contributed by atoms with van der Waals surface area (Å²) < 4.78 is 0. The molecule has 4 N–H and O–H groups in total. The zero-order valence-corrected chi connectivity index (χ0v) is 14.9. The van der Waals surface area contributed by atoms with Crippen LogP contribution < -0.4 is 11.1 Å². The van der Waals surface area contributed by atoms with Crippen molar-refractivity contribution in [2.45, 2.75) is 31.4 Å². The smallest absolute Gasteiger partial charge is 0.353 e. The highest BCUT2D eigenvalue weighted by atomic mass is 35.5. The molecule has 0 amide bonds. The molecule has 0 radical (unpaired) electrons. The van der Waals surface area contributed by atoms with Crippen LogP contribution in [-0.4, -0.2) is 27.9 Å². The summed E-state index contributed by atoms with van der Waals surface area (Å²) in [6.07, 6.45) is 1.86. The number of aryl methyl sites for hydroxylation is 1. The van der Waals surface area contributed by atoms with E-state index in [1.807, 2.05) is 31.2 Å². The Morgan fingerprint density at radius 2 is 2.20 bits per heavy atom. The van der Waals surface area contributed by atoms with Gasteiger partial charge in [0, 0.05) is 6.42 Å². The molecule has 2 unspecified atom stereocenters. The molecule has 0 saturated carbocycles. The highest BCUT2D eigenvalue weighted by Crippen LogP contribution is 2.34. The largest absolute Gasteiger partial charge is 0.477 e. The van der Waals surface area contributed by atoms with Gasteiger partial charge in [-0.1, -0.05) is 52.6 Å². The van der Waals surface area contributed by atoms with Gasteiger partial charge in [-0.25, -0.2) is 4.79 Å². The molecule has 8 heteroatoms. The summed E-state index contributed by atoms with van der Waals surface area (Å²) in [7, 11) is 0. The number of hydrogen-bond acceptors (Lipinski definition) is 5. The molecule has 1 aromatic carbocycles. The van der Waals surface area contributed by atoms with E-state index in [4.69, 9.17) is 33.8 Å². The van der Waals surface area contributed by atoms with Crippen LogP contribution in [0.25, 0.3) is 0 Å². The zero-order chi connectivity index (χ0) is 18.2. The summed E-state index contributed by atoms with van der Waals surface area (Å²) in [5.74, 6) is -1.19. The van der Waals surface area contributed by atoms with E-state index >= 15 is 0 Å². The molecule has 25 heavy (non-hydrogen) atoms. The Morgan fingerprint density at radius 1 is 1.48 bits per heavy atom. The van der Waals surface area contributed by atoms with Crippen LogP contribution in [-0.2, 0) is 16.1 Å². The molecule has 2 aliphatic heterocycles. The van der Waals surface area contributed by atoms with Crippen LogP contribution in [0, 0.1) is 6.92 Å². The summed E-state index contributed by atoms with van der Waals surface area (Å²) in [6.45, 7) is 1.97. The fourth-order valence-electron chi connectivity index (χ4n) is 2.90. The predicted octanol–water partition coefficient (Wildman–Crippen LogP) is 2.60. The minimum atomic E-state index is -1.19. The van der Waals surface area contributed by atoms with Crippen LogP contribution in [0.2, 0.25) is 0 Å². The van der Waals surface area contributed by atoms with Crippen molar-refractivity contribution in [3.8, 4) is 0 Å². The lowest BCUT2D eigenvalue weighted by atomic mass is 9.85. The van der Waals surface area contributed by atoms with Gasteiger partial charge in [-0.2, -0.15) is 0 Å². The Bertz CT molecular complexity index is 819. The van der Waals surface area contributed by atoms with Crippen LogP contribution >= 0.6 is 23.2 Å². The number of oxime groups is 1. The molecule has 0 fully saturated rings. The molecule has 2 heterocycles. The van der Waals surface area contributed by atoms with Gasteiger partial charge in [-0.05, 0) is 30.5 Å². The fraction of sp³-hybridized carbons (Fsp3) is 0.294. The molecule has 6 nitrogen and oxygen atoms in total. The Kier molecular flexibility index (Phi) is 4.77. The predicted molar refractivity (Wildman–Crippen MR) is 96.3 cm³/mol. The molecular formula is C17H17Cl2N3O3. The maximum absolute atomic E-state index is 11.6. The number of carboxylic acid groups (broad SMARTS) is 1. The van der Waals surface area contributed by atoms with Crippen LogP contribution in [0.3, 0.4) is 0 Å². The van der Waals surface area contributed by atoms with Gasteiger partial charge in [0.05, 0.1) is 16.3 Å². The Hall–Kier alpha value is -2.02. The monoisotopic (exact) mass is 381 g/mol. The maximum Gasteiger partial charge on any atom is 0.353 e. The third kappa shape index (κ3) is 3.51. The van der Waals surface area contributed by atoms with Crippen molar-refractivity contribution in [1.82, 2.24) is 5.32 Å². The zero-order valence-electron chi connectivity index (χ0n) is 13.4. The Morgan fingerprint density at radius 3 is 2.80 bits per heavy atom. The third-order valence-electron chi connectivity index (χ3n) is 4.25. The number of benzene rings is 1. The van der Waals surface area contributed by atoms with Crippen LogP contribution in [0.15, 0.2) is 51.9 Å². The molecule has 0 bridgehead atoms. The number of hydrogen-bond donors (Lipinski definition) is 3. The molecule has 2 atom stereocenters. The summed E-state index contributed by atoms with van der Waals surface area (Å²) in [4.78, 5) is 16.9. The van der Waals surface area contributed by atoms with E-state index in [0.717, 1.165) is 11.1 Å². The first-order valence-electron chi connectivity index (χ1n) is 7.65. The number of carboxylic acids is 1. The maximum atomic E-state index is 11.6. The molecule has 3 rings (SSSR count). The van der Waals surface area contributed by atoms with E-state index in [1.54, 1.807) is 6.08 Å². The topological polar surface area (TPSA) is 96.9 Å². The first-order chi connectivity index (χ1) is 11.8. The number of carbonyl (C=O) groups is 1. The van der Waals surface area contributed by atoms with Crippen molar-refractivity contribution in [2.24, 2.45) is 10.9 Å². The van der Waals surface area contributed by atoms with Crippen molar-refractivity contribution >= 4 is 34.3 Å². The van der Waals surface area contributed by atoms with Crippen LogP contribution in [0.4, 0.5) is 0 Å². The van der Waals surface area contributed by atoms with Crippen molar-refractivity contribution in [1.29, 1.82) is 0 Å².